The Hall–Kier alpha value is -2.01. The molecular formula is C16H23N3O2. The highest BCUT2D eigenvalue weighted by atomic mass is 16.5. The third-order valence-corrected chi connectivity index (χ3v) is 3.36. The Labute approximate surface area is 125 Å². The van der Waals surface area contributed by atoms with Crippen molar-refractivity contribution in [2.75, 3.05) is 14.2 Å². The lowest BCUT2D eigenvalue weighted by atomic mass is 10.2. The van der Waals surface area contributed by atoms with E-state index in [4.69, 9.17) is 9.47 Å². The van der Waals surface area contributed by atoms with E-state index >= 15 is 0 Å². The quantitative estimate of drug-likeness (QED) is 0.811. The van der Waals surface area contributed by atoms with Crippen molar-refractivity contribution in [1.29, 1.82) is 0 Å². The summed E-state index contributed by atoms with van der Waals surface area (Å²) in [5.41, 5.74) is 1.10. The first-order chi connectivity index (χ1) is 10.3. The number of nitrogens with one attached hydrogen (secondary N) is 1. The zero-order valence-corrected chi connectivity index (χ0v) is 12.9. The number of aromatic nitrogens is 2. The standard InChI is InChI=1S/C16H23N3O2/c1-4-8-19-9-7-18-16(19)12-17-11-13-5-6-14(20-2)10-15(13)21-3/h5-7,9-10,17H,4,8,11-12H2,1-3H3. The number of ether oxygens (including phenoxy) is 2. The molecule has 0 aliphatic carbocycles. The molecule has 0 amide bonds. The number of hydrogen-bond acceptors (Lipinski definition) is 4. The molecule has 0 aliphatic heterocycles. The molecule has 1 aromatic carbocycles. The zero-order valence-electron chi connectivity index (χ0n) is 12.9. The second-order valence-corrected chi connectivity index (χ2v) is 4.82. The fraction of sp³-hybridized carbons (Fsp3) is 0.438. The van der Waals surface area contributed by atoms with Crippen LogP contribution >= 0.6 is 0 Å². The zero-order chi connectivity index (χ0) is 15.1. The monoisotopic (exact) mass is 289 g/mol. The summed E-state index contributed by atoms with van der Waals surface area (Å²) >= 11 is 0. The summed E-state index contributed by atoms with van der Waals surface area (Å²) in [5, 5.41) is 3.41. The van der Waals surface area contributed by atoms with Crippen LogP contribution in [-0.2, 0) is 19.6 Å². The van der Waals surface area contributed by atoms with E-state index in [0.29, 0.717) is 0 Å². The number of nitrogens with zero attached hydrogens (tertiary/aromatic N) is 2. The number of methoxy groups -OCH3 is 2. The third kappa shape index (κ3) is 3.98. The van der Waals surface area contributed by atoms with E-state index in [2.05, 4.69) is 21.8 Å². The van der Waals surface area contributed by atoms with Crippen molar-refractivity contribution in [3.8, 4) is 11.5 Å². The summed E-state index contributed by atoms with van der Waals surface area (Å²) in [4.78, 5) is 4.39. The number of hydrogen-bond donors (Lipinski definition) is 1. The molecule has 1 heterocycles. The summed E-state index contributed by atoms with van der Waals surface area (Å²) < 4.78 is 12.8. The van der Waals surface area contributed by atoms with Crippen molar-refractivity contribution < 1.29 is 9.47 Å². The lowest BCUT2D eigenvalue weighted by Crippen LogP contribution is -2.17. The SMILES string of the molecule is CCCn1ccnc1CNCc1ccc(OC)cc1OC. The number of rotatable bonds is 8. The summed E-state index contributed by atoms with van der Waals surface area (Å²) in [6.07, 6.45) is 4.98. The van der Waals surface area contributed by atoms with Gasteiger partial charge in [0.25, 0.3) is 0 Å². The Morgan fingerprint density at radius 3 is 2.76 bits per heavy atom. The highest BCUT2D eigenvalue weighted by Crippen LogP contribution is 2.24. The minimum absolute atomic E-state index is 0.728. The summed E-state index contributed by atoms with van der Waals surface area (Å²) in [5.74, 6) is 2.69. The average Bonchev–Trinajstić information content (AvgIpc) is 2.95. The Balaban J connectivity index is 1.95. The van der Waals surface area contributed by atoms with E-state index in [9.17, 15) is 0 Å². The van der Waals surface area contributed by atoms with E-state index in [0.717, 1.165) is 48.9 Å². The van der Waals surface area contributed by atoms with Crippen LogP contribution in [0.25, 0.3) is 0 Å². The van der Waals surface area contributed by atoms with Crippen LogP contribution in [0.1, 0.15) is 24.7 Å². The van der Waals surface area contributed by atoms with Gasteiger partial charge in [0.1, 0.15) is 17.3 Å². The Bertz CT molecular complexity index is 566. The van der Waals surface area contributed by atoms with Gasteiger partial charge < -0.3 is 19.4 Å². The first-order valence-corrected chi connectivity index (χ1v) is 7.20. The van der Waals surface area contributed by atoms with Gasteiger partial charge in [0.15, 0.2) is 0 Å². The fourth-order valence-electron chi connectivity index (χ4n) is 2.26. The summed E-state index contributed by atoms with van der Waals surface area (Å²) in [7, 11) is 3.33. The van der Waals surface area contributed by atoms with E-state index in [-0.39, 0.29) is 0 Å². The second-order valence-electron chi connectivity index (χ2n) is 4.82. The van der Waals surface area contributed by atoms with Crippen molar-refractivity contribution in [2.24, 2.45) is 0 Å². The molecule has 21 heavy (non-hydrogen) atoms. The third-order valence-electron chi connectivity index (χ3n) is 3.36. The first kappa shape index (κ1) is 15.4. The van der Waals surface area contributed by atoms with Crippen LogP contribution in [0, 0.1) is 0 Å². The molecule has 5 nitrogen and oxygen atoms in total. The molecule has 1 aromatic heterocycles. The fourth-order valence-corrected chi connectivity index (χ4v) is 2.26. The molecule has 1 N–H and O–H groups in total. The van der Waals surface area contributed by atoms with Gasteiger partial charge in [-0.15, -0.1) is 0 Å². The predicted octanol–water partition coefficient (Wildman–Crippen LogP) is 2.60. The number of benzene rings is 1. The molecule has 5 heteroatoms. The molecular weight excluding hydrogens is 266 g/mol. The van der Waals surface area contributed by atoms with Gasteiger partial charge in [-0.2, -0.15) is 0 Å². The van der Waals surface area contributed by atoms with Gasteiger partial charge in [0.2, 0.25) is 0 Å². The lowest BCUT2D eigenvalue weighted by Gasteiger charge is -2.12. The van der Waals surface area contributed by atoms with Gasteiger partial charge in [-0.05, 0) is 12.5 Å². The second kappa shape index (κ2) is 7.69. The molecule has 0 saturated carbocycles. The normalized spacial score (nSPS) is 10.6. The van der Waals surface area contributed by atoms with Crippen LogP contribution in [0.2, 0.25) is 0 Å². The van der Waals surface area contributed by atoms with Gasteiger partial charge >= 0.3 is 0 Å². The van der Waals surface area contributed by atoms with Gasteiger partial charge in [-0.1, -0.05) is 13.0 Å². The Kier molecular flexibility index (Phi) is 5.63. The highest BCUT2D eigenvalue weighted by Gasteiger charge is 2.06. The maximum atomic E-state index is 5.40. The molecule has 0 aliphatic rings. The van der Waals surface area contributed by atoms with Crippen LogP contribution < -0.4 is 14.8 Å². The van der Waals surface area contributed by atoms with E-state index < -0.39 is 0 Å². The molecule has 2 aromatic rings. The minimum Gasteiger partial charge on any atom is -0.497 e. The molecule has 0 bridgehead atoms. The molecule has 2 rings (SSSR count). The maximum Gasteiger partial charge on any atom is 0.127 e. The van der Waals surface area contributed by atoms with E-state index in [1.54, 1.807) is 14.2 Å². The summed E-state index contributed by atoms with van der Waals surface area (Å²) in [6, 6.07) is 5.86. The minimum atomic E-state index is 0.728. The summed E-state index contributed by atoms with van der Waals surface area (Å²) in [6.45, 7) is 4.64. The van der Waals surface area contributed by atoms with E-state index in [1.165, 1.54) is 0 Å². The van der Waals surface area contributed by atoms with Gasteiger partial charge in [0.05, 0.1) is 20.8 Å². The van der Waals surface area contributed by atoms with Crippen molar-refractivity contribution in [3.63, 3.8) is 0 Å². The van der Waals surface area contributed by atoms with Gasteiger partial charge in [-0.25, -0.2) is 4.98 Å². The molecule has 114 valence electrons. The van der Waals surface area contributed by atoms with Crippen LogP contribution in [0.5, 0.6) is 11.5 Å². The van der Waals surface area contributed by atoms with Crippen molar-refractivity contribution in [2.45, 2.75) is 33.0 Å². The van der Waals surface area contributed by atoms with Crippen LogP contribution in [-0.4, -0.2) is 23.8 Å². The lowest BCUT2D eigenvalue weighted by molar-refractivity contribution is 0.389. The van der Waals surface area contributed by atoms with Gasteiger partial charge in [0, 0.05) is 37.1 Å². The number of aryl methyl sites for hydroxylation is 1. The molecule has 0 atom stereocenters. The van der Waals surface area contributed by atoms with Gasteiger partial charge in [-0.3, -0.25) is 0 Å². The highest BCUT2D eigenvalue weighted by molar-refractivity contribution is 5.40. The van der Waals surface area contributed by atoms with E-state index in [1.807, 2.05) is 30.6 Å². The topological polar surface area (TPSA) is 48.3 Å². The maximum absolute atomic E-state index is 5.40. The molecule has 0 saturated heterocycles. The smallest absolute Gasteiger partial charge is 0.127 e. The Morgan fingerprint density at radius 1 is 1.19 bits per heavy atom. The van der Waals surface area contributed by atoms with Crippen molar-refractivity contribution in [3.05, 3.63) is 42.0 Å². The van der Waals surface area contributed by atoms with Crippen LogP contribution in [0.4, 0.5) is 0 Å². The van der Waals surface area contributed by atoms with Crippen molar-refractivity contribution in [1.82, 2.24) is 14.9 Å². The first-order valence-electron chi connectivity index (χ1n) is 7.20. The van der Waals surface area contributed by atoms with Crippen LogP contribution in [0.3, 0.4) is 0 Å². The molecule has 0 fully saturated rings. The molecule has 0 radical (unpaired) electrons. The largest absolute Gasteiger partial charge is 0.497 e. The number of imidazole rings is 1. The average molecular weight is 289 g/mol. The predicted molar refractivity (Wildman–Crippen MR) is 82.6 cm³/mol. The van der Waals surface area contributed by atoms with Crippen LogP contribution in [0.15, 0.2) is 30.6 Å². The Morgan fingerprint density at radius 2 is 2.05 bits per heavy atom. The molecule has 0 spiro atoms. The molecule has 0 unspecified atom stereocenters. The van der Waals surface area contributed by atoms with Crippen molar-refractivity contribution >= 4 is 0 Å².